The van der Waals surface area contributed by atoms with Gasteiger partial charge in [0.1, 0.15) is 11.6 Å². The number of aryl methyl sites for hydroxylation is 2. The van der Waals surface area contributed by atoms with Crippen molar-refractivity contribution < 1.29 is 9.18 Å². The molecule has 2 aromatic carbocycles. The van der Waals surface area contributed by atoms with Crippen molar-refractivity contribution in [3.05, 3.63) is 94.3 Å². The zero-order valence-electron chi connectivity index (χ0n) is 18.6. The van der Waals surface area contributed by atoms with E-state index in [1.165, 1.54) is 29.7 Å². The fraction of sp³-hybridized carbons (Fsp3) is 0.346. The molecule has 1 atom stereocenters. The van der Waals surface area contributed by atoms with E-state index in [2.05, 4.69) is 46.4 Å². The summed E-state index contributed by atoms with van der Waals surface area (Å²) in [5, 5.41) is 2.87. The van der Waals surface area contributed by atoms with Gasteiger partial charge in [-0.2, -0.15) is 0 Å². The van der Waals surface area contributed by atoms with Crippen molar-refractivity contribution in [2.45, 2.75) is 52.2 Å². The first-order chi connectivity index (χ1) is 15.5. The number of hydrogen-bond donors (Lipinski definition) is 1. The van der Waals surface area contributed by atoms with E-state index in [0.29, 0.717) is 17.8 Å². The minimum atomic E-state index is -0.293. The molecule has 1 aliphatic heterocycles. The van der Waals surface area contributed by atoms with E-state index in [4.69, 9.17) is 4.98 Å². The van der Waals surface area contributed by atoms with Crippen molar-refractivity contribution in [2.75, 3.05) is 6.54 Å². The molecule has 3 aromatic rings. The van der Waals surface area contributed by atoms with Crippen molar-refractivity contribution in [1.82, 2.24) is 20.2 Å². The summed E-state index contributed by atoms with van der Waals surface area (Å²) in [6, 6.07) is 14.7. The van der Waals surface area contributed by atoms with Gasteiger partial charge in [0.2, 0.25) is 0 Å². The topological polar surface area (TPSA) is 58.1 Å². The van der Waals surface area contributed by atoms with Gasteiger partial charge >= 0.3 is 0 Å². The second kappa shape index (κ2) is 10.0. The minimum absolute atomic E-state index is 0.151. The molecule has 4 rings (SSSR count). The quantitative estimate of drug-likeness (QED) is 0.603. The monoisotopic (exact) mass is 432 g/mol. The van der Waals surface area contributed by atoms with Gasteiger partial charge < -0.3 is 5.32 Å². The summed E-state index contributed by atoms with van der Waals surface area (Å²) < 4.78 is 13.1. The first kappa shape index (κ1) is 22.1. The van der Waals surface area contributed by atoms with Gasteiger partial charge in [0, 0.05) is 19.3 Å². The highest BCUT2D eigenvalue weighted by Gasteiger charge is 2.27. The van der Waals surface area contributed by atoms with Crippen LogP contribution in [0, 0.1) is 19.7 Å². The van der Waals surface area contributed by atoms with Crippen LogP contribution >= 0.6 is 0 Å². The number of aromatic nitrogens is 2. The highest BCUT2D eigenvalue weighted by atomic mass is 19.1. The molecule has 2 heterocycles. The molecular formula is C26H29FN4O. The van der Waals surface area contributed by atoms with Crippen LogP contribution in [0.2, 0.25) is 0 Å². The number of piperidine rings is 1. The molecule has 6 heteroatoms. The van der Waals surface area contributed by atoms with Crippen molar-refractivity contribution in [3.63, 3.8) is 0 Å². The maximum Gasteiger partial charge on any atom is 0.254 e. The minimum Gasteiger partial charge on any atom is -0.348 e. The molecule has 0 spiro atoms. The van der Waals surface area contributed by atoms with Crippen LogP contribution in [0.15, 0.2) is 54.7 Å². The smallest absolute Gasteiger partial charge is 0.254 e. The summed E-state index contributed by atoms with van der Waals surface area (Å²) in [6.07, 6.45) is 4.97. The van der Waals surface area contributed by atoms with Gasteiger partial charge in [-0.25, -0.2) is 14.4 Å². The van der Waals surface area contributed by atoms with Crippen LogP contribution in [0.25, 0.3) is 0 Å². The molecule has 0 radical (unpaired) electrons. The van der Waals surface area contributed by atoms with Gasteiger partial charge in [0.25, 0.3) is 5.91 Å². The number of halogens is 1. The predicted molar refractivity (Wildman–Crippen MR) is 123 cm³/mol. The fourth-order valence-electron chi connectivity index (χ4n) is 4.23. The largest absolute Gasteiger partial charge is 0.348 e. The lowest BCUT2D eigenvalue weighted by Crippen LogP contribution is -2.34. The molecule has 1 aromatic heterocycles. The van der Waals surface area contributed by atoms with Gasteiger partial charge in [0.05, 0.1) is 17.3 Å². The molecule has 0 bridgehead atoms. The summed E-state index contributed by atoms with van der Waals surface area (Å²) in [4.78, 5) is 24.5. The Hall–Kier alpha value is -3.12. The van der Waals surface area contributed by atoms with E-state index in [0.717, 1.165) is 37.3 Å². The number of benzene rings is 2. The second-order valence-corrected chi connectivity index (χ2v) is 8.44. The van der Waals surface area contributed by atoms with Crippen LogP contribution in [0.1, 0.15) is 63.9 Å². The number of nitrogens with zero attached hydrogens (tertiary/aromatic N) is 3. The van der Waals surface area contributed by atoms with Crippen LogP contribution in [-0.4, -0.2) is 27.3 Å². The van der Waals surface area contributed by atoms with Crippen molar-refractivity contribution in [2.24, 2.45) is 0 Å². The average Bonchev–Trinajstić information content (AvgIpc) is 2.80. The number of likely N-dealkylation sites (tertiary alicyclic amines) is 1. The lowest BCUT2D eigenvalue weighted by atomic mass is 9.99. The zero-order chi connectivity index (χ0) is 22.5. The molecule has 1 amide bonds. The fourth-order valence-corrected chi connectivity index (χ4v) is 4.23. The summed E-state index contributed by atoms with van der Waals surface area (Å²) in [5.41, 5.74) is 4.60. The number of rotatable bonds is 6. The van der Waals surface area contributed by atoms with Gasteiger partial charge in [-0.3, -0.25) is 9.69 Å². The SMILES string of the molecule is Cc1ccccc1CN1CCCCC1c1ncc(C(=O)NCc2ccc(F)cc2)c(C)n1. The van der Waals surface area contributed by atoms with Gasteiger partial charge in [-0.05, 0) is 62.1 Å². The summed E-state index contributed by atoms with van der Waals surface area (Å²) in [7, 11) is 0. The van der Waals surface area contributed by atoms with Crippen LogP contribution in [0.5, 0.6) is 0 Å². The maximum absolute atomic E-state index is 13.1. The maximum atomic E-state index is 13.1. The molecule has 1 fully saturated rings. The molecule has 32 heavy (non-hydrogen) atoms. The standard InChI is InChI=1S/C26H29FN4O/c1-18-7-3-4-8-21(18)17-31-14-6-5-9-24(31)25-28-16-23(19(2)30-25)26(32)29-15-20-10-12-22(27)13-11-20/h3-4,7-8,10-13,16,24H,5-6,9,14-15,17H2,1-2H3,(H,29,32). The van der Waals surface area contributed by atoms with Gasteiger partial charge in [-0.1, -0.05) is 42.8 Å². The Kier molecular flexibility index (Phi) is 6.90. The molecular weight excluding hydrogens is 403 g/mol. The van der Waals surface area contributed by atoms with Gasteiger partial charge in [0.15, 0.2) is 0 Å². The van der Waals surface area contributed by atoms with Gasteiger partial charge in [-0.15, -0.1) is 0 Å². The van der Waals surface area contributed by atoms with Crippen molar-refractivity contribution >= 4 is 5.91 Å². The number of amides is 1. The average molecular weight is 433 g/mol. The van der Waals surface area contributed by atoms with Crippen LogP contribution in [-0.2, 0) is 13.1 Å². The molecule has 1 saturated heterocycles. The Bertz CT molecular complexity index is 1080. The Morgan fingerprint density at radius 2 is 1.91 bits per heavy atom. The van der Waals surface area contributed by atoms with E-state index < -0.39 is 0 Å². The van der Waals surface area contributed by atoms with E-state index >= 15 is 0 Å². The third-order valence-electron chi connectivity index (χ3n) is 6.16. The number of carbonyl (C=O) groups excluding carboxylic acids is 1. The summed E-state index contributed by atoms with van der Waals surface area (Å²) >= 11 is 0. The van der Waals surface area contributed by atoms with Crippen LogP contribution < -0.4 is 5.32 Å². The predicted octanol–water partition coefficient (Wildman–Crippen LogP) is 4.89. The summed E-state index contributed by atoms with van der Waals surface area (Å²) in [6.45, 7) is 6.22. The molecule has 0 aliphatic carbocycles. The number of hydrogen-bond acceptors (Lipinski definition) is 4. The molecule has 0 saturated carbocycles. The Morgan fingerprint density at radius 1 is 1.12 bits per heavy atom. The van der Waals surface area contributed by atoms with E-state index in [-0.39, 0.29) is 17.8 Å². The first-order valence-corrected chi connectivity index (χ1v) is 11.2. The number of carbonyl (C=O) groups is 1. The molecule has 1 N–H and O–H groups in total. The molecule has 1 aliphatic rings. The van der Waals surface area contributed by atoms with Crippen LogP contribution in [0.3, 0.4) is 0 Å². The molecule has 5 nitrogen and oxygen atoms in total. The molecule has 1 unspecified atom stereocenters. The number of nitrogens with one attached hydrogen (secondary N) is 1. The van der Waals surface area contributed by atoms with Crippen LogP contribution in [0.4, 0.5) is 4.39 Å². The van der Waals surface area contributed by atoms with Crippen molar-refractivity contribution in [3.8, 4) is 0 Å². The Labute approximate surface area is 188 Å². The molecule has 166 valence electrons. The van der Waals surface area contributed by atoms with Crippen molar-refractivity contribution in [1.29, 1.82) is 0 Å². The second-order valence-electron chi connectivity index (χ2n) is 8.44. The summed E-state index contributed by atoms with van der Waals surface area (Å²) in [5.74, 6) is 0.267. The third kappa shape index (κ3) is 5.19. The lowest BCUT2D eigenvalue weighted by molar-refractivity contribution is 0.0948. The van der Waals surface area contributed by atoms with E-state index in [1.807, 2.05) is 6.92 Å². The Balaban J connectivity index is 1.46. The first-order valence-electron chi connectivity index (χ1n) is 11.2. The normalized spacial score (nSPS) is 16.7. The highest BCUT2D eigenvalue weighted by molar-refractivity contribution is 5.94. The lowest BCUT2D eigenvalue weighted by Gasteiger charge is -2.35. The third-order valence-corrected chi connectivity index (χ3v) is 6.16. The Morgan fingerprint density at radius 3 is 2.66 bits per heavy atom. The van der Waals surface area contributed by atoms with E-state index in [1.54, 1.807) is 18.3 Å². The zero-order valence-corrected chi connectivity index (χ0v) is 18.6. The van der Waals surface area contributed by atoms with E-state index in [9.17, 15) is 9.18 Å². The highest BCUT2D eigenvalue weighted by Crippen LogP contribution is 2.31.